The van der Waals surface area contributed by atoms with Gasteiger partial charge in [0.15, 0.2) is 11.4 Å². The van der Waals surface area contributed by atoms with Crippen LogP contribution in [0.1, 0.15) is 99.6 Å². The van der Waals surface area contributed by atoms with Crippen LogP contribution >= 0.6 is 23.2 Å². The van der Waals surface area contributed by atoms with E-state index < -0.39 is 46.4 Å². The Labute approximate surface area is 395 Å². The van der Waals surface area contributed by atoms with Crippen molar-refractivity contribution in [2.45, 2.75) is 112 Å². The first-order valence-electron chi connectivity index (χ1n) is 22.5. The Morgan fingerprint density at radius 1 is 0.682 bits per heavy atom. The zero-order valence-electron chi connectivity index (χ0n) is 39.1. The Morgan fingerprint density at radius 2 is 1.15 bits per heavy atom. The van der Waals surface area contributed by atoms with Crippen LogP contribution in [0, 0.1) is 22.5 Å². The standard InChI is InChI=1S/C26H36ClFN6O2.C21H27ClFN5O2/c1-26(2,3)22(25(36)29-4)32-24(35)21-20-15-33(17-8-10-30-11-9-17)12-5-13-34(20)23(31-21)18-7-6-16(27)14-19(18)28;1-21(2,3)17(20(30)24-4)27-19(29)16-15-11-25-8-5-9-28(15)18(26-16)13-7-6-12(22)10-14(13)23/h6-7,14,17,22,30H,5,8-13,15H2,1-4H3,(H,29,36)(H,32,35);6-7,10,17,25H,5,8-9,11H2,1-4H3,(H,24,30)(H,27,29)/t22-;17-/m11/s1. The fourth-order valence-electron chi connectivity index (χ4n) is 8.70. The van der Waals surface area contributed by atoms with Gasteiger partial charge in [0.05, 0.1) is 22.5 Å². The molecule has 4 aromatic rings. The summed E-state index contributed by atoms with van der Waals surface area (Å²) in [6.07, 6.45) is 3.75. The molecule has 2 atom stereocenters. The van der Waals surface area contributed by atoms with E-state index in [2.05, 4.69) is 41.8 Å². The van der Waals surface area contributed by atoms with E-state index in [0.717, 1.165) is 57.6 Å². The number of imidazole rings is 2. The second-order valence-electron chi connectivity index (χ2n) is 19.1. The van der Waals surface area contributed by atoms with Gasteiger partial charge in [-0.2, -0.15) is 0 Å². The van der Waals surface area contributed by atoms with Crippen molar-refractivity contribution >= 4 is 46.8 Å². The lowest BCUT2D eigenvalue weighted by Gasteiger charge is -2.33. The van der Waals surface area contributed by atoms with Gasteiger partial charge < -0.3 is 41.0 Å². The molecule has 0 unspecified atom stereocenters. The summed E-state index contributed by atoms with van der Waals surface area (Å²) < 4.78 is 33.5. The van der Waals surface area contributed by atoms with Crippen molar-refractivity contribution in [3.63, 3.8) is 0 Å². The van der Waals surface area contributed by atoms with Crippen LogP contribution in [0.4, 0.5) is 8.78 Å². The molecule has 0 radical (unpaired) electrons. The van der Waals surface area contributed by atoms with Gasteiger partial charge in [0.1, 0.15) is 35.4 Å². The van der Waals surface area contributed by atoms with Gasteiger partial charge in [0.25, 0.3) is 11.8 Å². The third-order valence-electron chi connectivity index (χ3n) is 12.3. The van der Waals surface area contributed by atoms with Gasteiger partial charge >= 0.3 is 0 Å². The van der Waals surface area contributed by atoms with Gasteiger partial charge in [-0.05, 0) is 92.5 Å². The van der Waals surface area contributed by atoms with Crippen molar-refractivity contribution in [2.24, 2.45) is 10.8 Å². The SMILES string of the molecule is CNC(=O)[C@@H](NC(=O)c1nc(-c2ccc(Cl)cc2F)n2c1CN(C1CCNCC1)CCC2)C(C)(C)C.CNC(=O)[C@@H](NC(=O)c1nc(-c2ccc(Cl)cc2F)n2c1CNCCC2)C(C)(C)C. The third-order valence-corrected chi connectivity index (χ3v) is 12.7. The van der Waals surface area contributed by atoms with Crippen LogP contribution in [-0.2, 0) is 35.8 Å². The molecule has 0 bridgehead atoms. The molecule has 7 rings (SSSR count). The van der Waals surface area contributed by atoms with Crippen LogP contribution < -0.4 is 31.9 Å². The van der Waals surface area contributed by atoms with E-state index in [-0.39, 0.29) is 33.8 Å². The molecule has 2 aromatic carbocycles. The van der Waals surface area contributed by atoms with Gasteiger partial charge in [0, 0.05) is 62.9 Å². The highest BCUT2D eigenvalue weighted by atomic mass is 35.5. The molecule has 5 heterocycles. The Hall–Kier alpha value is -4.94. The van der Waals surface area contributed by atoms with E-state index >= 15 is 0 Å². The number of nitrogens with one attached hydrogen (secondary N) is 6. The Balaban J connectivity index is 0.000000222. The molecule has 6 N–H and O–H groups in total. The summed E-state index contributed by atoms with van der Waals surface area (Å²) >= 11 is 11.9. The number of piperidine rings is 1. The number of aromatic nitrogens is 4. The predicted molar refractivity (Wildman–Crippen MR) is 252 cm³/mol. The average Bonchev–Trinajstić information content (AvgIpc) is 3.57. The first-order valence-corrected chi connectivity index (χ1v) is 23.3. The van der Waals surface area contributed by atoms with Crippen LogP contribution in [0.25, 0.3) is 22.8 Å². The number of hydrogen-bond acceptors (Lipinski definition) is 9. The second-order valence-corrected chi connectivity index (χ2v) is 20.0. The number of carbonyl (C=O) groups excluding carboxylic acids is 4. The summed E-state index contributed by atoms with van der Waals surface area (Å²) in [5.41, 5.74) is 1.39. The van der Waals surface area contributed by atoms with Gasteiger partial charge in [-0.25, -0.2) is 18.7 Å². The lowest BCUT2D eigenvalue weighted by molar-refractivity contribution is -0.125. The summed E-state index contributed by atoms with van der Waals surface area (Å²) in [6.45, 7) is 17.1. The van der Waals surface area contributed by atoms with Gasteiger partial charge in [-0.15, -0.1) is 0 Å². The van der Waals surface area contributed by atoms with Crippen LogP contribution in [0.3, 0.4) is 0 Å². The average molecular weight is 955 g/mol. The minimum atomic E-state index is -0.755. The quantitative estimate of drug-likeness (QED) is 0.119. The Bertz CT molecular complexity index is 2420. The highest BCUT2D eigenvalue weighted by Gasteiger charge is 2.37. The molecule has 3 aliphatic rings. The number of hydrogen-bond donors (Lipinski definition) is 6. The number of halogens is 4. The molecule has 0 spiro atoms. The van der Waals surface area contributed by atoms with E-state index in [9.17, 15) is 28.0 Å². The van der Waals surface area contributed by atoms with Crippen LogP contribution in [0.15, 0.2) is 36.4 Å². The molecule has 358 valence electrons. The topological polar surface area (TPSA) is 179 Å². The predicted octanol–water partition coefficient (Wildman–Crippen LogP) is 5.92. The maximum atomic E-state index is 15.0. The molecule has 1 fully saturated rings. The van der Waals surface area contributed by atoms with E-state index in [4.69, 9.17) is 28.2 Å². The summed E-state index contributed by atoms with van der Waals surface area (Å²) in [6, 6.07) is 7.79. The molecule has 0 saturated carbocycles. The normalized spacial score (nSPS) is 16.8. The number of fused-ring (bicyclic) bond motifs is 2. The molecule has 1 saturated heterocycles. The van der Waals surface area contributed by atoms with E-state index in [0.29, 0.717) is 60.1 Å². The third kappa shape index (κ3) is 11.6. The first-order chi connectivity index (χ1) is 31.2. The van der Waals surface area contributed by atoms with E-state index in [1.165, 1.54) is 19.2 Å². The largest absolute Gasteiger partial charge is 0.357 e. The summed E-state index contributed by atoms with van der Waals surface area (Å²) in [4.78, 5) is 63.4. The van der Waals surface area contributed by atoms with Crippen molar-refractivity contribution in [1.82, 2.24) is 55.9 Å². The summed E-state index contributed by atoms with van der Waals surface area (Å²) in [7, 11) is 3.08. The molecule has 2 aromatic heterocycles. The highest BCUT2D eigenvalue weighted by molar-refractivity contribution is 6.31. The summed E-state index contributed by atoms with van der Waals surface area (Å²) in [5.74, 6) is -1.67. The monoisotopic (exact) mass is 953 g/mol. The van der Waals surface area contributed by atoms with Crippen molar-refractivity contribution in [3.05, 3.63) is 80.9 Å². The highest BCUT2D eigenvalue weighted by Crippen LogP contribution is 2.33. The van der Waals surface area contributed by atoms with Crippen molar-refractivity contribution < 1.29 is 28.0 Å². The molecule has 0 aliphatic carbocycles. The molecule has 3 aliphatic heterocycles. The van der Waals surface area contributed by atoms with E-state index in [1.54, 1.807) is 31.3 Å². The smallest absolute Gasteiger partial charge is 0.272 e. The number of amides is 4. The zero-order valence-corrected chi connectivity index (χ0v) is 40.6. The maximum Gasteiger partial charge on any atom is 0.272 e. The molecule has 15 nitrogen and oxygen atoms in total. The van der Waals surface area contributed by atoms with E-state index in [1.807, 2.05) is 50.7 Å². The van der Waals surface area contributed by atoms with Gasteiger partial charge in [0.2, 0.25) is 11.8 Å². The molecule has 66 heavy (non-hydrogen) atoms. The second kappa shape index (κ2) is 21.3. The zero-order chi connectivity index (χ0) is 48.1. The molecular formula is C47H63Cl2F2N11O4. The number of nitrogens with zero attached hydrogens (tertiary/aromatic N) is 5. The molecule has 19 heteroatoms. The van der Waals surface area contributed by atoms with Crippen LogP contribution in [0.2, 0.25) is 10.0 Å². The minimum absolute atomic E-state index is 0.187. The Morgan fingerprint density at radius 3 is 1.62 bits per heavy atom. The van der Waals surface area contributed by atoms with Crippen LogP contribution in [0.5, 0.6) is 0 Å². The number of likely N-dealkylation sites (N-methyl/N-ethyl adjacent to an activating group) is 2. The van der Waals surface area contributed by atoms with Gasteiger partial charge in [-0.1, -0.05) is 64.7 Å². The number of benzene rings is 2. The lowest BCUT2D eigenvalue weighted by Crippen LogP contribution is -2.53. The summed E-state index contributed by atoms with van der Waals surface area (Å²) in [5, 5.41) is 18.2. The number of carbonyl (C=O) groups is 4. The molecular weight excluding hydrogens is 891 g/mol. The Kier molecular flexibility index (Phi) is 16.3. The minimum Gasteiger partial charge on any atom is -0.357 e. The van der Waals surface area contributed by atoms with Crippen LogP contribution in [-0.4, -0.2) is 106 Å². The van der Waals surface area contributed by atoms with Crippen molar-refractivity contribution in [1.29, 1.82) is 0 Å². The fourth-order valence-corrected chi connectivity index (χ4v) is 9.02. The molecule has 4 amide bonds. The maximum absolute atomic E-state index is 15.0. The first kappa shape index (κ1) is 50.5. The number of rotatable bonds is 9. The van der Waals surface area contributed by atoms with Crippen molar-refractivity contribution in [2.75, 3.05) is 40.3 Å². The lowest BCUT2D eigenvalue weighted by atomic mass is 9.86. The van der Waals surface area contributed by atoms with Gasteiger partial charge in [-0.3, -0.25) is 24.1 Å². The fraction of sp³-hybridized carbons (Fsp3) is 0.532. The van der Waals surface area contributed by atoms with Crippen molar-refractivity contribution in [3.8, 4) is 22.8 Å².